The summed E-state index contributed by atoms with van der Waals surface area (Å²) >= 11 is 0. The van der Waals surface area contributed by atoms with Gasteiger partial charge in [0.2, 0.25) is 0 Å². The lowest BCUT2D eigenvalue weighted by Crippen LogP contribution is -2.32. The van der Waals surface area contributed by atoms with E-state index in [-0.39, 0.29) is 6.04 Å². The van der Waals surface area contributed by atoms with E-state index in [0.29, 0.717) is 23.0 Å². The van der Waals surface area contributed by atoms with Gasteiger partial charge in [0.15, 0.2) is 0 Å². The van der Waals surface area contributed by atoms with E-state index in [0.717, 1.165) is 24.8 Å². The van der Waals surface area contributed by atoms with Crippen LogP contribution in [0.15, 0.2) is 12.1 Å². The van der Waals surface area contributed by atoms with Crippen molar-refractivity contribution in [2.45, 2.75) is 46.1 Å². The van der Waals surface area contributed by atoms with Gasteiger partial charge in [0, 0.05) is 17.7 Å². The maximum absolute atomic E-state index is 14.1. The van der Waals surface area contributed by atoms with E-state index in [1.807, 2.05) is 7.05 Å². The predicted octanol–water partition coefficient (Wildman–Crippen LogP) is 4.61. The van der Waals surface area contributed by atoms with Gasteiger partial charge >= 0.3 is 0 Å². The molecule has 1 aliphatic rings. The van der Waals surface area contributed by atoms with Gasteiger partial charge in [0.05, 0.1) is 0 Å². The molecular formula is C17H25F2N. The minimum Gasteiger partial charge on any atom is -0.313 e. The minimum absolute atomic E-state index is 0.0238. The average molecular weight is 281 g/mol. The fourth-order valence-electron chi connectivity index (χ4n) is 3.45. The van der Waals surface area contributed by atoms with Gasteiger partial charge in [-0.25, -0.2) is 8.78 Å². The molecule has 3 heteroatoms. The highest BCUT2D eigenvalue weighted by Gasteiger charge is 2.31. The second-order valence-electron chi connectivity index (χ2n) is 6.42. The number of hydrogen-bond donors (Lipinski definition) is 1. The Morgan fingerprint density at radius 3 is 2.40 bits per heavy atom. The quantitative estimate of drug-likeness (QED) is 0.853. The van der Waals surface area contributed by atoms with E-state index in [1.54, 1.807) is 13.0 Å². The van der Waals surface area contributed by atoms with Crippen LogP contribution in [0.4, 0.5) is 8.78 Å². The van der Waals surface area contributed by atoms with Gasteiger partial charge < -0.3 is 5.32 Å². The Morgan fingerprint density at radius 2 is 1.80 bits per heavy atom. The zero-order valence-electron chi connectivity index (χ0n) is 12.8. The summed E-state index contributed by atoms with van der Waals surface area (Å²) in [6.07, 6.45) is 3.39. The van der Waals surface area contributed by atoms with E-state index >= 15 is 0 Å². The van der Waals surface area contributed by atoms with E-state index < -0.39 is 11.6 Å². The Hall–Kier alpha value is -0.960. The van der Waals surface area contributed by atoms with Crippen LogP contribution in [0.2, 0.25) is 0 Å². The zero-order valence-corrected chi connectivity index (χ0v) is 12.8. The Balaban J connectivity index is 2.26. The largest absolute Gasteiger partial charge is 0.313 e. The lowest BCUT2D eigenvalue weighted by molar-refractivity contribution is 0.173. The molecule has 112 valence electrons. The summed E-state index contributed by atoms with van der Waals surface area (Å²) in [7, 11) is 1.87. The summed E-state index contributed by atoms with van der Waals surface area (Å²) in [4.78, 5) is 0. The third kappa shape index (κ3) is 3.03. The van der Waals surface area contributed by atoms with Crippen molar-refractivity contribution in [2.75, 3.05) is 7.05 Å². The van der Waals surface area contributed by atoms with Crippen LogP contribution >= 0.6 is 0 Å². The fraction of sp³-hybridized carbons (Fsp3) is 0.647. The molecule has 4 atom stereocenters. The second-order valence-corrected chi connectivity index (χ2v) is 6.42. The monoisotopic (exact) mass is 281 g/mol. The van der Waals surface area contributed by atoms with Crippen LogP contribution in [-0.4, -0.2) is 7.05 Å². The number of aryl methyl sites for hydroxylation is 1. The van der Waals surface area contributed by atoms with E-state index in [1.165, 1.54) is 6.42 Å². The van der Waals surface area contributed by atoms with Crippen LogP contribution in [0.3, 0.4) is 0 Å². The molecule has 1 aromatic carbocycles. The lowest BCUT2D eigenvalue weighted by Gasteiger charge is -2.37. The Kier molecular flexibility index (Phi) is 4.79. The molecule has 0 heterocycles. The predicted molar refractivity (Wildman–Crippen MR) is 78.6 cm³/mol. The molecule has 1 saturated carbocycles. The van der Waals surface area contributed by atoms with Gasteiger partial charge in [-0.3, -0.25) is 0 Å². The average Bonchev–Trinajstić information content (AvgIpc) is 2.40. The highest BCUT2D eigenvalue weighted by molar-refractivity contribution is 5.29. The Bertz CT molecular complexity index is 472. The fourth-order valence-corrected chi connectivity index (χ4v) is 3.45. The molecular weight excluding hydrogens is 256 g/mol. The number of rotatable bonds is 3. The van der Waals surface area contributed by atoms with Gasteiger partial charge in [-0.05, 0) is 56.2 Å². The van der Waals surface area contributed by atoms with Crippen LogP contribution in [0.25, 0.3) is 0 Å². The highest BCUT2D eigenvalue weighted by Crippen LogP contribution is 2.40. The topological polar surface area (TPSA) is 12.0 Å². The molecule has 20 heavy (non-hydrogen) atoms. The van der Waals surface area contributed by atoms with Crippen molar-refractivity contribution >= 4 is 0 Å². The highest BCUT2D eigenvalue weighted by atomic mass is 19.1. The first-order valence-electron chi connectivity index (χ1n) is 7.56. The van der Waals surface area contributed by atoms with Crippen molar-refractivity contribution in [2.24, 2.45) is 17.8 Å². The van der Waals surface area contributed by atoms with Crippen LogP contribution in [0, 0.1) is 36.3 Å². The molecule has 0 aliphatic heterocycles. The molecule has 0 amide bonds. The molecule has 0 saturated heterocycles. The van der Waals surface area contributed by atoms with Crippen molar-refractivity contribution in [3.8, 4) is 0 Å². The second kappa shape index (κ2) is 6.21. The maximum Gasteiger partial charge on any atom is 0.130 e. The van der Waals surface area contributed by atoms with Crippen molar-refractivity contribution in [3.63, 3.8) is 0 Å². The summed E-state index contributed by atoms with van der Waals surface area (Å²) in [5.74, 6) is 0.925. The van der Waals surface area contributed by atoms with E-state index in [2.05, 4.69) is 19.2 Å². The van der Waals surface area contributed by atoms with Crippen molar-refractivity contribution < 1.29 is 8.78 Å². The molecule has 1 aromatic rings. The Morgan fingerprint density at radius 1 is 1.10 bits per heavy atom. The van der Waals surface area contributed by atoms with Gasteiger partial charge in [0.25, 0.3) is 0 Å². The standard InChI is InChI=1S/C17H25F2N/c1-10-5-6-13(7-11(10)2)17(20-4)14-8-12(3)15(18)9-16(14)19/h8-11,13,17,20H,5-7H2,1-4H3. The van der Waals surface area contributed by atoms with E-state index in [4.69, 9.17) is 0 Å². The summed E-state index contributed by atoms with van der Waals surface area (Å²) in [6, 6.07) is 2.66. The van der Waals surface area contributed by atoms with Gasteiger partial charge in [0.1, 0.15) is 11.6 Å². The molecule has 0 spiro atoms. The van der Waals surface area contributed by atoms with Gasteiger partial charge in [-0.15, -0.1) is 0 Å². The molecule has 0 aromatic heterocycles. The molecule has 0 bridgehead atoms. The number of nitrogens with one attached hydrogen (secondary N) is 1. The van der Waals surface area contributed by atoms with E-state index in [9.17, 15) is 8.78 Å². The molecule has 1 aliphatic carbocycles. The Labute approximate surface area is 120 Å². The zero-order chi connectivity index (χ0) is 14.9. The number of halogens is 2. The summed E-state index contributed by atoms with van der Waals surface area (Å²) in [5.41, 5.74) is 1.12. The minimum atomic E-state index is -0.466. The smallest absolute Gasteiger partial charge is 0.130 e. The first-order chi connectivity index (χ1) is 9.43. The molecule has 1 N–H and O–H groups in total. The van der Waals surface area contributed by atoms with Crippen molar-refractivity contribution in [1.29, 1.82) is 0 Å². The van der Waals surface area contributed by atoms with Gasteiger partial charge in [-0.1, -0.05) is 20.3 Å². The summed E-state index contributed by atoms with van der Waals surface area (Å²) in [6.45, 7) is 6.25. The van der Waals surface area contributed by atoms with Gasteiger partial charge in [-0.2, -0.15) is 0 Å². The van der Waals surface area contributed by atoms with Crippen LogP contribution < -0.4 is 5.32 Å². The summed E-state index contributed by atoms with van der Waals surface area (Å²) < 4.78 is 27.5. The molecule has 1 fully saturated rings. The first-order valence-corrected chi connectivity index (χ1v) is 7.56. The van der Waals surface area contributed by atoms with Crippen LogP contribution in [0.1, 0.15) is 50.3 Å². The molecule has 2 rings (SSSR count). The SMILES string of the molecule is CNC(c1cc(C)c(F)cc1F)C1CCC(C)C(C)C1. The van der Waals surface area contributed by atoms with Crippen molar-refractivity contribution in [1.82, 2.24) is 5.32 Å². The third-order valence-corrected chi connectivity index (χ3v) is 5.03. The normalized spacial score (nSPS) is 28.4. The lowest BCUT2D eigenvalue weighted by atomic mass is 9.72. The van der Waals surface area contributed by atoms with Crippen molar-refractivity contribution in [3.05, 3.63) is 34.9 Å². The number of hydrogen-bond acceptors (Lipinski definition) is 1. The maximum atomic E-state index is 14.1. The van der Waals surface area contributed by atoms with Crippen LogP contribution in [-0.2, 0) is 0 Å². The molecule has 4 unspecified atom stereocenters. The third-order valence-electron chi connectivity index (χ3n) is 5.03. The van der Waals surface area contributed by atoms with Crippen LogP contribution in [0.5, 0.6) is 0 Å². The summed E-state index contributed by atoms with van der Waals surface area (Å²) in [5, 5.41) is 3.25. The molecule has 1 nitrogen and oxygen atoms in total. The number of benzene rings is 1. The molecule has 0 radical (unpaired) electrons. The first kappa shape index (κ1) is 15.4.